The third kappa shape index (κ3) is 3.18. The SMILES string of the molecule is Cc1ccc(CC(=O)c2ccc(Cl)c(Br)c2)nc1. The van der Waals surface area contributed by atoms with Crippen LogP contribution in [0.25, 0.3) is 0 Å². The van der Waals surface area contributed by atoms with E-state index in [1.165, 1.54) is 0 Å². The van der Waals surface area contributed by atoms with Crippen molar-refractivity contribution < 1.29 is 4.79 Å². The number of rotatable bonds is 3. The Morgan fingerprint density at radius 1 is 1.33 bits per heavy atom. The number of carbonyl (C=O) groups excluding carboxylic acids is 1. The number of benzene rings is 1. The summed E-state index contributed by atoms with van der Waals surface area (Å²) in [5, 5.41) is 0.597. The Balaban J connectivity index is 2.16. The van der Waals surface area contributed by atoms with Crippen LogP contribution in [0.4, 0.5) is 0 Å². The number of nitrogens with zero attached hydrogens (tertiary/aromatic N) is 1. The summed E-state index contributed by atoms with van der Waals surface area (Å²) in [5.74, 6) is 0.0312. The van der Waals surface area contributed by atoms with Gasteiger partial charge in [0.1, 0.15) is 0 Å². The fraction of sp³-hybridized carbons (Fsp3) is 0.143. The lowest BCUT2D eigenvalue weighted by Gasteiger charge is -2.03. The van der Waals surface area contributed by atoms with Crippen molar-refractivity contribution in [3.05, 3.63) is 62.8 Å². The average molecular weight is 325 g/mol. The van der Waals surface area contributed by atoms with Gasteiger partial charge in [-0.3, -0.25) is 9.78 Å². The van der Waals surface area contributed by atoms with Crippen molar-refractivity contribution in [3.63, 3.8) is 0 Å². The Kier molecular flexibility index (Phi) is 4.15. The van der Waals surface area contributed by atoms with E-state index in [2.05, 4.69) is 20.9 Å². The van der Waals surface area contributed by atoms with Crippen molar-refractivity contribution >= 4 is 33.3 Å². The van der Waals surface area contributed by atoms with Crippen LogP contribution in [0.1, 0.15) is 21.6 Å². The zero-order valence-electron chi connectivity index (χ0n) is 9.78. The fourth-order valence-corrected chi connectivity index (χ4v) is 2.04. The van der Waals surface area contributed by atoms with Gasteiger partial charge in [0, 0.05) is 21.9 Å². The minimum Gasteiger partial charge on any atom is -0.294 e. The summed E-state index contributed by atoms with van der Waals surface area (Å²) < 4.78 is 0.729. The molecular formula is C14H11BrClNO. The Labute approximate surface area is 119 Å². The van der Waals surface area contributed by atoms with Gasteiger partial charge in [0.25, 0.3) is 0 Å². The topological polar surface area (TPSA) is 30.0 Å². The van der Waals surface area contributed by atoms with Crippen molar-refractivity contribution in [3.8, 4) is 0 Å². The number of halogens is 2. The van der Waals surface area contributed by atoms with Crippen LogP contribution in [0.5, 0.6) is 0 Å². The summed E-state index contributed by atoms with van der Waals surface area (Å²) in [6.45, 7) is 1.97. The van der Waals surface area contributed by atoms with Gasteiger partial charge in [0.2, 0.25) is 0 Å². The van der Waals surface area contributed by atoms with E-state index < -0.39 is 0 Å². The molecule has 2 nitrogen and oxygen atoms in total. The van der Waals surface area contributed by atoms with Crippen LogP contribution in [0, 0.1) is 6.92 Å². The molecule has 0 unspecified atom stereocenters. The molecule has 0 fully saturated rings. The molecule has 0 radical (unpaired) electrons. The van der Waals surface area contributed by atoms with Crippen LogP contribution in [-0.4, -0.2) is 10.8 Å². The summed E-state index contributed by atoms with van der Waals surface area (Å²) in [6.07, 6.45) is 2.06. The lowest BCUT2D eigenvalue weighted by atomic mass is 10.1. The van der Waals surface area contributed by atoms with E-state index in [1.807, 2.05) is 19.1 Å². The number of carbonyl (C=O) groups is 1. The maximum Gasteiger partial charge on any atom is 0.168 e. The molecule has 0 saturated carbocycles. The molecule has 1 heterocycles. The lowest BCUT2D eigenvalue weighted by Crippen LogP contribution is -2.05. The first-order chi connectivity index (χ1) is 8.56. The average Bonchev–Trinajstić information content (AvgIpc) is 2.35. The van der Waals surface area contributed by atoms with Crippen molar-refractivity contribution in [2.45, 2.75) is 13.3 Å². The van der Waals surface area contributed by atoms with E-state index in [1.54, 1.807) is 24.4 Å². The van der Waals surface area contributed by atoms with Crippen molar-refractivity contribution in [1.29, 1.82) is 0 Å². The number of aromatic nitrogens is 1. The number of aryl methyl sites for hydroxylation is 1. The van der Waals surface area contributed by atoms with E-state index in [0.717, 1.165) is 15.7 Å². The third-order valence-electron chi connectivity index (χ3n) is 2.56. The minimum absolute atomic E-state index is 0.0312. The van der Waals surface area contributed by atoms with Crippen LogP contribution in [0.3, 0.4) is 0 Å². The van der Waals surface area contributed by atoms with Gasteiger partial charge in [0.05, 0.1) is 11.4 Å². The number of hydrogen-bond donors (Lipinski definition) is 0. The molecule has 0 spiro atoms. The largest absolute Gasteiger partial charge is 0.294 e. The molecule has 1 aromatic heterocycles. The molecule has 0 N–H and O–H groups in total. The Morgan fingerprint density at radius 3 is 2.72 bits per heavy atom. The highest BCUT2D eigenvalue weighted by molar-refractivity contribution is 9.10. The molecule has 4 heteroatoms. The van der Waals surface area contributed by atoms with Gasteiger partial charge in [-0.1, -0.05) is 17.7 Å². The highest BCUT2D eigenvalue weighted by atomic mass is 79.9. The van der Waals surface area contributed by atoms with Crippen molar-refractivity contribution in [2.24, 2.45) is 0 Å². The van der Waals surface area contributed by atoms with E-state index in [0.29, 0.717) is 17.0 Å². The van der Waals surface area contributed by atoms with Gasteiger partial charge in [-0.05, 0) is 52.7 Å². The number of Topliss-reactive ketones (excluding diaryl/α,β-unsaturated/α-hetero) is 1. The summed E-state index contributed by atoms with van der Waals surface area (Å²) >= 11 is 9.20. The van der Waals surface area contributed by atoms with E-state index >= 15 is 0 Å². The van der Waals surface area contributed by atoms with Gasteiger partial charge in [-0.15, -0.1) is 0 Å². The molecule has 0 amide bonds. The molecule has 0 aliphatic heterocycles. The predicted molar refractivity (Wildman–Crippen MR) is 76.2 cm³/mol. The second kappa shape index (κ2) is 5.63. The molecule has 0 saturated heterocycles. The first kappa shape index (κ1) is 13.2. The monoisotopic (exact) mass is 323 g/mol. The lowest BCUT2D eigenvalue weighted by molar-refractivity contribution is 0.0992. The smallest absolute Gasteiger partial charge is 0.168 e. The summed E-state index contributed by atoms with van der Waals surface area (Å²) in [5.41, 5.74) is 2.49. The maximum absolute atomic E-state index is 12.1. The van der Waals surface area contributed by atoms with Crippen LogP contribution in [0.2, 0.25) is 5.02 Å². The molecule has 2 aromatic rings. The normalized spacial score (nSPS) is 10.4. The first-order valence-corrected chi connectivity index (χ1v) is 6.63. The van der Waals surface area contributed by atoms with Gasteiger partial charge >= 0.3 is 0 Å². The van der Waals surface area contributed by atoms with Gasteiger partial charge in [0.15, 0.2) is 5.78 Å². The van der Waals surface area contributed by atoms with Gasteiger partial charge < -0.3 is 0 Å². The van der Waals surface area contributed by atoms with Crippen LogP contribution >= 0.6 is 27.5 Å². The van der Waals surface area contributed by atoms with Crippen LogP contribution in [-0.2, 0) is 6.42 Å². The van der Waals surface area contributed by atoms with Crippen LogP contribution in [0.15, 0.2) is 41.0 Å². The molecule has 0 bridgehead atoms. The highest BCUT2D eigenvalue weighted by Gasteiger charge is 2.09. The minimum atomic E-state index is 0.0312. The Bertz CT molecular complexity index is 581. The molecule has 18 heavy (non-hydrogen) atoms. The second-order valence-electron chi connectivity index (χ2n) is 4.06. The van der Waals surface area contributed by atoms with Gasteiger partial charge in [-0.25, -0.2) is 0 Å². The standard InChI is InChI=1S/C14H11BrClNO/c1-9-2-4-11(17-8-9)7-14(18)10-3-5-13(16)12(15)6-10/h2-6,8H,7H2,1H3. The molecule has 92 valence electrons. The van der Waals surface area contributed by atoms with Crippen LogP contribution < -0.4 is 0 Å². The summed E-state index contributed by atoms with van der Waals surface area (Å²) in [7, 11) is 0. The number of pyridine rings is 1. The Hall–Kier alpha value is -1.19. The van der Waals surface area contributed by atoms with E-state index in [4.69, 9.17) is 11.6 Å². The first-order valence-electron chi connectivity index (χ1n) is 5.46. The van der Waals surface area contributed by atoms with E-state index in [-0.39, 0.29) is 5.78 Å². The second-order valence-corrected chi connectivity index (χ2v) is 5.32. The maximum atomic E-state index is 12.1. The zero-order valence-corrected chi connectivity index (χ0v) is 12.1. The van der Waals surface area contributed by atoms with Crippen molar-refractivity contribution in [2.75, 3.05) is 0 Å². The zero-order chi connectivity index (χ0) is 13.1. The fourth-order valence-electron chi connectivity index (χ4n) is 1.54. The molecule has 0 aliphatic rings. The third-order valence-corrected chi connectivity index (χ3v) is 3.77. The molecule has 0 atom stereocenters. The highest BCUT2D eigenvalue weighted by Crippen LogP contribution is 2.23. The van der Waals surface area contributed by atoms with E-state index in [9.17, 15) is 4.79 Å². The molecule has 2 rings (SSSR count). The molecule has 1 aromatic carbocycles. The quantitative estimate of drug-likeness (QED) is 0.791. The molecule has 0 aliphatic carbocycles. The summed E-state index contributed by atoms with van der Waals surface area (Å²) in [4.78, 5) is 16.3. The number of hydrogen-bond acceptors (Lipinski definition) is 2. The summed E-state index contributed by atoms with van der Waals surface area (Å²) in [6, 6.07) is 9.00. The van der Waals surface area contributed by atoms with Gasteiger partial charge in [-0.2, -0.15) is 0 Å². The Morgan fingerprint density at radius 2 is 2.11 bits per heavy atom. The van der Waals surface area contributed by atoms with Crippen molar-refractivity contribution in [1.82, 2.24) is 4.98 Å². The molecular weight excluding hydrogens is 314 g/mol. The number of ketones is 1. The predicted octanol–water partition coefficient (Wildman–Crippen LogP) is 4.23.